The van der Waals surface area contributed by atoms with Crippen LogP contribution in [0.2, 0.25) is 15.1 Å². The Labute approximate surface area is 172 Å². The Morgan fingerprint density at radius 3 is 2.48 bits per heavy atom. The molecular weight excluding hydrogens is 429 g/mol. The van der Waals surface area contributed by atoms with Gasteiger partial charge in [-0.3, -0.25) is 9.40 Å². The summed E-state index contributed by atoms with van der Waals surface area (Å²) < 4.78 is 29.4. The van der Waals surface area contributed by atoms with Crippen LogP contribution in [0.4, 0.5) is 5.82 Å². The highest BCUT2D eigenvalue weighted by molar-refractivity contribution is 7.92. The van der Waals surface area contributed by atoms with Crippen LogP contribution in [-0.4, -0.2) is 18.2 Å². The highest BCUT2D eigenvalue weighted by Crippen LogP contribution is 2.27. The summed E-state index contributed by atoms with van der Waals surface area (Å²) in [5.41, 5.74) is 2.26. The van der Waals surface area contributed by atoms with E-state index in [-0.39, 0.29) is 15.7 Å². The summed E-state index contributed by atoms with van der Waals surface area (Å²) >= 11 is 18.3. The van der Waals surface area contributed by atoms with Gasteiger partial charge in [-0.25, -0.2) is 8.42 Å². The zero-order valence-corrected chi connectivity index (χ0v) is 17.6. The summed E-state index contributed by atoms with van der Waals surface area (Å²) in [7, 11) is -3.82. The SMILES string of the molecule is Cc1ccc(C)c(S(=O)(=O)Nc2nn(Cc3ccc(Cl)cc3Cl)cc2Cl)c1. The maximum atomic E-state index is 12.7. The molecule has 2 aromatic carbocycles. The van der Waals surface area contributed by atoms with Crippen molar-refractivity contribution in [2.75, 3.05) is 4.72 Å². The quantitative estimate of drug-likeness (QED) is 0.580. The minimum Gasteiger partial charge on any atom is -0.265 e. The number of aryl methyl sites for hydroxylation is 2. The summed E-state index contributed by atoms with van der Waals surface area (Å²) in [5.74, 6) is 0.0580. The number of halogens is 3. The second-order valence-corrected chi connectivity index (χ2v) is 9.04. The first-order valence-electron chi connectivity index (χ1n) is 7.92. The normalized spacial score (nSPS) is 11.6. The Morgan fingerprint density at radius 2 is 1.78 bits per heavy atom. The first kappa shape index (κ1) is 20.0. The number of nitrogens with zero attached hydrogens (tertiary/aromatic N) is 2. The summed E-state index contributed by atoms with van der Waals surface area (Å²) in [4.78, 5) is 0.189. The highest BCUT2D eigenvalue weighted by Gasteiger charge is 2.20. The average Bonchev–Trinajstić information content (AvgIpc) is 2.91. The molecular formula is C18H16Cl3N3O2S. The lowest BCUT2D eigenvalue weighted by Gasteiger charge is -2.10. The standard InChI is InChI=1S/C18H16Cl3N3O2S/c1-11-3-4-12(2)17(7-11)27(25,26)23-18-16(21)10-24(22-18)9-13-5-6-14(19)8-15(13)20/h3-8,10H,9H2,1-2H3,(H,22,23). The van der Waals surface area contributed by atoms with Crippen molar-refractivity contribution in [3.63, 3.8) is 0 Å². The summed E-state index contributed by atoms with van der Waals surface area (Å²) in [6.45, 7) is 3.88. The molecule has 0 saturated heterocycles. The first-order valence-corrected chi connectivity index (χ1v) is 10.5. The van der Waals surface area contributed by atoms with Gasteiger partial charge in [0.15, 0.2) is 5.82 Å². The van der Waals surface area contributed by atoms with Crippen molar-refractivity contribution in [1.82, 2.24) is 9.78 Å². The Balaban J connectivity index is 1.87. The van der Waals surface area contributed by atoms with Gasteiger partial charge in [0.2, 0.25) is 0 Å². The third-order valence-corrected chi connectivity index (χ3v) is 6.27. The molecule has 0 amide bonds. The fourth-order valence-corrected chi connectivity index (χ4v) is 4.62. The summed E-state index contributed by atoms with van der Waals surface area (Å²) in [6, 6.07) is 10.3. The van der Waals surface area contributed by atoms with E-state index in [2.05, 4.69) is 9.82 Å². The van der Waals surface area contributed by atoms with E-state index in [9.17, 15) is 8.42 Å². The van der Waals surface area contributed by atoms with Crippen LogP contribution in [0.1, 0.15) is 16.7 Å². The number of hydrogen-bond donors (Lipinski definition) is 1. The van der Waals surface area contributed by atoms with E-state index in [4.69, 9.17) is 34.8 Å². The molecule has 1 N–H and O–H groups in total. The molecule has 0 spiro atoms. The van der Waals surface area contributed by atoms with Crippen molar-refractivity contribution in [3.8, 4) is 0 Å². The minimum atomic E-state index is -3.82. The number of sulfonamides is 1. The van der Waals surface area contributed by atoms with E-state index in [1.807, 2.05) is 13.0 Å². The van der Waals surface area contributed by atoms with Gasteiger partial charge in [-0.15, -0.1) is 0 Å². The second-order valence-electron chi connectivity index (χ2n) is 6.13. The molecule has 27 heavy (non-hydrogen) atoms. The summed E-state index contributed by atoms with van der Waals surface area (Å²) in [6.07, 6.45) is 1.54. The lowest BCUT2D eigenvalue weighted by Crippen LogP contribution is -2.15. The van der Waals surface area contributed by atoms with Gasteiger partial charge in [0.25, 0.3) is 10.0 Å². The lowest BCUT2D eigenvalue weighted by molar-refractivity contribution is 0.600. The third-order valence-electron chi connectivity index (χ3n) is 3.93. The monoisotopic (exact) mass is 443 g/mol. The molecule has 1 heterocycles. The van der Waals surface area contributed by atoms with E-state index in [0.717, 1.165) is 11.1 Å². The number of aromatic nitrogens is 2. The van der Waals surface area contributed by atoms with Gasteiger partial charge in [0, 0.05) is 16.2 Å². The second kappa shape index (κ2) is 7.72. The number of hydrogen-bond acceptors (Lipinski definition) is 3. The van der Waals surface area contributed by atoms with Crippen LogP contribution in [0.15, 0.2) is 47.5 Å². The molecule has 0 aliphatic heterocycles. The highest BCUT2D eigenvalue weighted by atomic mass is 35.5. The van der Waals surface area contributed by atoms with Crippen LogP contribution in [0.3, 0.4) is 0 Å². The van der Waals surface area contributed by atoms with Crippen molar-refractivity contribution in [1.29, 1.82) is 0 Å². The Kier molecular flexibility index (Phi) is 5.72. The van der Waals surface area contributed by atoms with Crippen molar-refractivity contribution in [2.24, 2.45) is 0 Å². The van der Waals surface area contributed by atoms with E-state index in [1.54, 1.807) is 37.3 Å². The molecule has 5 nitrogen and oxygen atoms in total. The molecule has 3 rings (SSSR count). The van der Waals surface area contributed by atoms with Gasteiger partial charge in [0.05, 0.1) is 11.4 Å². The van der Waals surface area contributed by atoms with E-state index >= 15 is 0 Å². The molecule has 0 bridgehead atoms. The van der Waals surface area contributed by atoms with E-state index in [0.29, 0.717) is 22.2 Å². The number of benzene rings is 2. The van der Waals surface area contributed by atoms with E-state index < -0.39 is 10.0 Å². The largest absolute Gasteiger partial charge is 0.265 e. The van der Waals surface area contributed by atoms with Gasteiger partial charge in [-0.1, -0.05) is 53.0 Å². The maximum absolute atomic E-state index is 12.7. The zero-order valence-electron chi connectivity index (χ0n) is 14.5. The Hall–Kier alpha value is -1.73. The van der Waals surface area contributed by atoms with Gasteiger partial charge in [-0.2, -0.15) is 5.10 Å². The van der Waals surface area contributed by atoms with Crippen LogP contribution in [-0.2, 0) is 16.6 Å². The van der Waals surface area contributed by atoms with Crippen LogP contribution in [0.25, 0.3) is 0 Å². The molecule has 0 saturated carbocycles. The zero-order chi connectivity index (χ0) is 19.8. The van der Waals surface area contributed by atoms with Gasteiger partial charge >= 0.3 is 0 Å². The Morgan fingerprint density at radius 1 is 1.04 bits per heavy atom. The molecule has 1 aromatic heterocycles. The fourth-order valence-electron chi connectivity index (χ4n) is 2.55. The van der Waals surface area contributed by atoms with Crippen LogP contribution in [0, 0.1) is 13.8 Å². The van der Waals surface area contributed by atoms with Gasteiger partial charge in [0.1, 0.15) is 5.02 Å². The van der Waals surface area contributed by atoms with Gasteiger partial charge in [-0.05, 0) is 48.7 Å². The van der Waals surface area contributed by atoms with Crippen LogP contribution >= 0.6 is 34.8 Å². The molecule has 9 heteroatoms. The predicted molar refractivity (Wildman–Crippen MR) is 110 cm³/mol. The van der Waals surface area contributed by atoms with Crippen molar-refractivity contribution in [3.05, 3.63) is 74.4 Å². The van der Waals surface area contributed by atoms with E-state index in [1.165, 1.54) is 10.9 Å². The maximum Gasteiger partial charge on any atom is 0.263 e. The molecule has 0 unspecified atom stereocenters. The van der Waals surface area contributed by atoms with Crippen LogP contribution in [0.5, 0.6) is 0 Å². The summed E-state index contributed by atoms with van der Waals surface area (Å²) in [5, 5.41) is 5.45. The number of rotatable bonds is 5. The number of nitrogens with one attached hydrogen (secondary N) is 1. The Bertz CT molecular complexity index is 1110. The molecule has 0 atom stereocenters. The third kappa shape index (κ3) is 4.58. The minimum absolute atomic E-state index is 0.0580. The molecule has 0 aliphatic carbocycles. The van der Waals surface area contributed by atoms with Crippen LogP contribution < -0.4 is 4.72 Å². The molecule has 0 fully saturated rings. The van der Waals surface area contributed by atoms with Crippen molar-refractivity contribution >= 4 is 50.6 Å². The van der Waals surface area contributed by atoms with Gasteiger partial charge < -0.3 is 0 Å². The first-order chi connectivity index (χ1) is 12.7. The van der Waals surface area contributed by atoms with Crippen molar-refractivity contribution < 1.29 is 8.42 Å². The lowest BCUT2D eigenvalue weighted by atomic mass is 10.2. The number of anilines is 1. The fraction of sp³-hybridized carbons (Fsp3) is 0.167. The molecule has 3 aromatic rings. The topological polar surface area (TPSA) is 64.0 Å². The molecule has 142 valence electrons. The smallest absolute Gasteiger partial charge is 0.263 e. The average molecular weight is 445 g/mol. The predicted octanol–water partition coefficient (Wildman–Crippen LogP) is 5.31. The molecule has 0 radical (unpaired) electrons. The molecule has 0 aliphatic rings. The van der Waals surface area contributed by atoms with Crippen molar-refractivity contribution in [2.45, 2.75) is 25.3 Å².